The summed E-state index contributed by atoms with van der Waals surface area (Å²) >= 11 is 3.51. The Morgan fingerprint density at radius 2 is 2.11 bits per heavy atom. The Morgan fingerprint density at radius 1 is 1.37 bits per heavy atom. The second kappa shape index (κ2) is 5.77. The number of ether oxygens (including phenoxy) is 1. The Hall–Kier alpha value is -0.653. The third-order valence-electron chi connectivity index (χ3n) is 3.09. The first-order chi connectivity index (χ1) is 8.87. The van der Waals surface area contributed by atoms with Crippen LogP contribution in [0, 0.1) is 6.92 Å². The van der Waals surface area contributed by atoms with Crippen molar-refractivity contribution in [3.05, 3.63) is 28.5 Å². The van der Waals surface area contributed by atoms with Crippen molar-refractivity contribution < 1.29 is 4.74 Å². The minimum atomic E-state index is -1.01. The first kappa shape index (κ1) is 14.7. The Balaban J connectivity index is 2.03. The zero-order chi connectivity index (χ0) is 14.0. The van der Waals surface area contributed by atoms with E-state index in [1.165, 1.54) is 6.04 Å². The number of pyridine rings is 1. The number of hydrogen-bond donors (Lipinski definition) is 0. The molecule has 0 amide bonds. The molecule has 2 aromatic heterocycles. The van der Waals surface area contributed by atoms with E-state index >= 15 is 0 Å². The molecular formula is C14H21BrN2OSi. The molecule has 0 saturated carbocycles. The fourth-order valence-electron chi connectivity index (χ4n) is 1.82. The molecule has 2 heterocycles. The van der Waals surface area contributed by atoms with E-state index in [4.69, 9.17) is 4.74 Å². The molecule has 0 aliphatic rings. The molecule has 0 aromatic carbocycles. The largest absolute Gasteiger partial charge is 0.361 e. The maximum atomic E-state index is 5.78. The average Bonchev–Trinajstić information content (AvgIpc) is 2.67. The van der Waals surface area contributed by atoms with E-state index in [2.05, 4.69) is 57.3 Å². The molecule has 0 bridgehead atoms. The Morgan fingerprint density at radius 3 is 2.79 bits per heavy atom. The molecular weight excluding hydrogens is 320 g/mol. The van der Waals surface area contributed by atoms with E-state index < -0.39 is 8.07 Å². The van der Waals surface area contributed by atoms with Gasteiger partial charge in [-0.1, -0.05) is 19.6 Å². The van der Waals surface area contributed by atoms with Gasteiger partial charge in [-0.3, -0.25) is 0 Å². The van der Waals surface area contributed by atoms with E-state index in [9.17, 15) is 0 Å². The first-order valence-electron chi connectivity index (χ1n) is 6.56. The molecule has 5 heteroatoms. The summed E-state index contributed by atoms with van der Waals surface area (Å²) in [6.07, 6.45) is 2.04. The maximum Gasteiger partial charge on any atom is 0.142 e. The molecule has 0 N–H and O–H groups in total. The standard InChI is InChI=1S/C14H21BrN2OSi/c1-11-13(15)9-12-5-6-17(14(12)16-11)10-18-7-8-19(2,3)4/h5-6,9H,7-8,10H2,1-4H3. The lowest BCUT2D eigenvalue weighted by molar-refractivity contribution is 0.0899. The summed E-state index contributed by atoms with van der Waals surface area (Å²) < 4.78 is 8.90. The van der Waals surface area contributed by atoms with Crippen LogP contribution in [0.25, 0.3) is 11.0 Å². The number of aryl methyl sites for hydroxylation is 1. The number of rotatable bonds is 5. The maximum absolute atomic E-state index is 5.78. The van der Waals surface area contributed by atoms with E-state index in [0.29, 0.717) is 6.73 Å². The molecule has 104 valence electrons. The highest BCUT2D eigenvalue weighted by atomic mass is 79.9. The van der Waals surface area contributed by atoms with Crippen molar-refractivity contribution in [1.29, 1.82) is 0 Å². The number of fused-ring (bicyclic) bond motifs is 1. The van der Waals surface area contributed by atoms with E-state index in [0.717, 1.165) is 27.8 Å². The highest BCUT2D eigenvalue weighted by Crippen LogP contribution is 2.21. The molecule has 0 fully saturated rings. The Kier molecular flexibility index (Phi) is 4.48. The lowest BCUT2D eigenvalue weighted by Crippen LogP contribution is -2.22. The number of aromatic nitrogens is 2. The van der Waals surface area contributed by atoms with E-state index in [1.807, 2.05) is 13.1 Å². The van der Waals surface area contributed by atoms with Crippen molar-refractivity contribution in [2.75, 3.05) is 6.61 Å². The van der Waals surface area contributed by atoms with Crippen LogP contribution in [-0.4, -0.2) is 24.2 Å². The van der Waals surface area contributed by atoms with Crippen LogP contribution in [0.2, 0.25) is 25.7 Å². The number of halogens is 1. The lowest BCUT2D eigenvalue weighted by Gasteiger charge is -2.15. The molecule has 19 heavy (non-hydrogen) atoms. The Labute approximate surface area is 124 Å². The number of nitrogens with zero attached hydrogens (tertiary/aromatic N) is 2. The summed E-state index contributed by atoms with van der Waals surface area (Å²) in [4.78, 5) is 4.61. The van der Waals surface area contributed by atoms with Gasteiger partial charge in [-0.15, -0.1) is 0 Å². The van der Waals surface area contributed by atoms with E-state index in [-0.39, 0.29) is 0 Å². The molecule has 0 aliphatic carbocycles. The zero-order valence-electron chi connectivity index (χ0n) is 12.0. The molecule has 0 aliphatic heterocycles. The molecule has 0 spiro atoms. The smallest absolute Gasteiger partial charge is 0.142 e. The zero-order valence-corrected chi connectivity index (χ0v) is 14.6. The van der Waals surface area contributed by atoms with Crippen molar-refractivity contribution in [3.63, 3.8) is 0 Å². The van der Waals surface area contributed by atoms with Gasteiger partial charge in [-0.25, -0.2) is 4.98 Å². The lowest BCUT2D eigenvalue weighted by atomic mass is 10.3. The van der Waals surface area contributed by atoms with Gasteiger partial charge in [0.2, 0.25) is 0 Å². The highest BCUT2D eigenvalue weighted by Gasteiger charge is 2.12. The minimum Gasteiger partial charge on any atom is -0.361 e. The molecule has 0 radical (unpaired) electrons. The SMILES string of the molecule is Cc1nc2c(ccn2COCC[Si](C)(C)C)cc1Br. The predicted molar refractivity (Wildman–Crippen MR) is 86.3 cm³/mol. The van der Waals surface area contributed by atoms with Crippen molar-refractivity contribution in [2.45, 2.75) is 39.3 Å². The van der Waals surface area contributed by atoms with Crippen molar-refractivity contribution in [2.24, 2.45) is 0 Å². The third kappa shape index (κ3) is 3.90. The van der Waals surface area contributed by atoms with Crippen LogP contribution >= 0.6 is 15.9 Å². The van der Waals surface area contributed by atoms with Crippen molar-refractivity contribution in [3.8, 4) is 0 Å². The van der Waals surface area contributed by atoms with Gasteiger partial charge < -0.3 is 9.30 Å². The predicted octanol–water partition coefficient (Wildman–Crippen LogP) is 4.42. The second-order valence-corrected chi connectivity index (χ2v) is 12.6. The molecule has 0 saturated heterocycles. The highest BCUT2D eigenvalue weighted by molar-refractivity contribution is 9.10. The summed E-state index contributed by atoms with van der Waals surface area (Å²) in [5.74, 6) is 0. The van der Waals surface area contributed by atoms with Gasteiger partial charge in [-0.05, 0) is 41.0 Å². The van der Waals surface area contributed by atoms with Crippen LogP contribution in [0.1, 0.15) is 5.69 Å². The van der Waals surface area contributed by atoms with Crippen molar-refractivity contribution in [1.82, 2.24) is 9.55 Å². The molecule has 2 aromatic rings. The average molecular weight is 341 g/mol. The van der Waals surface area contributed by atoms with Gasteiger partial charge in [0.05, 0.1) is 5.69 Å². The monoisotopic (exact) mass is 340 g/mol. The fraction of sp³-hybridized carbons (Fsp3) is 0.500. The van der Waals surface area contributed by atoms with Crippen LogP contribution in [0.15, 0.2) is 22.8 Å². The van der Waals surface area contributed by atoms with Gasteiger partial charge in [0.15, 0.2) is 0 Å². The van der Waals surface area contributed by atoms with Gasteiger partial charge in [-0.2, -0.15) is 0 Å². The summed E-state index contributed by atoms with van der Waals surface area (Å²) in [5, 5.41) is 1.14. The van der Waals surface area contributed by atoms with Crippen molar-refractivity contribution >= 4 is 35.0 Å². The second-order valence-electron chi connectivity index (χ2n) is 6.10. The summed E-state index contributed by atoms with van der Waals surface area (Å²) in [7, 11) is -1.01. The molecule has 0 atom stereocenters. The topological polar surface area (TPSA) is 27.1 Å². The number of hydrogen-bond acceptors (Lipinski definition) is 2. The summed E-state index contributed by atoms with van der Waals surface area (Å²) in [6.45, 7) is 10.5. The summed E-state index contributed by atoms with van der Waals surface area (Å²) in [5.41, 5.74) is 2.00. The summed E-state index contributed by atoms with van der Waals surface area (Å²) in [6, 6.07) is 5.38. The molecule has 0 unspecified atom stereocenters. The van der Waals surface area contributed by atoms with Gasteiger partial charge in [0.25, 0.3) is 0 Å². The normalized spacial score (nSPS) is 12.3. The van der Waals surface area contributed by atoms with Crippen LogP contribution in [0.4, 0.5) is 0 Å². The van der Waals surface area contributed by atoms with Crippen LogP contribution < -0.4 is 0 Å². The third-order valence-corrected chi connectivity index (χ3v) is 5.60. The van der Waals surface area contributed by atoms with Crippen LogP contribution in [-0.2, 0) is 11.5 Å². The van der Waals surface area contributed by atoms with Gasteiger partial charge in [0, 0.05) is 30.7 Å². The van der Waals surface area contributed by atoms with Crippen LogP contribution in [0.3, 0.4) is 0 Å². The van der Waals surface area contributed by atoms with Crippen LogP contribution in [0.5, 0.6) is 0 Å². The van der Waals surface area contributed by atoms with Gasteiger partial charge in [0.1, 0.15) is 12.4 Å². The van der Waals surface area contributed by atoms with E-state index in [1.54, 1.807) is 0 Å². The quantitative estimate of drug-likeness (QED) is 0.595. The Bertz CT molecular complexity index is 575. The molecule has 2 rings (SSSR count). The fourth-order valence-corrected chi connectivity index (χ4v) is 2.91. The minimum absolute atomic E-state index is 0.585. The first-order valence-corrected chi connectivity index (χ1v) is 11.1. The molecule has 3 nitrogen and oxygen atoms in total. The van der Waals surface area contributed by atoms with Gasteiger partial charge >= 0.3 is 0 Å².